The average Bonchev–Trinajstić information content (AvgIpc) is 3.03. The molecule has 2 aliphatic rings. The van der Waals surface area contributed by atoms with Crippen molar-refractivity contribution in [2.24, 2.45) is 29.6 Å². The van der Waals surface area contributed by atoms with Gasteiger partial charge in [0.25, 0.3) is 0 Å². The van der Waals surface area contributed by atoms with Gasteiger partial charge in [-0.1, -0.05) is 71.6 Å². The molecule has 2 rings (SSSR count). The molecule has 0 bridgehead atoms. The van der Waals surface area contributed by atoms with Gasteiger partial charge in [-0.15, -0.1) is 0 Å². The van der Waals surface area contributed by atoms with Crippen LogP contribution >= 0.6 is 9.30 Å². The molecule has 2 heteroatoms. The van der Waals surface area contributed by atoms with Gasteiger partial charge in [-0.2, -0.15) is 12.8 Å². The summed E-state index contributed by atoms with van der Waals surface area (Å²) < 4.78 is 0. The van der Waals surface area contributed by atoms with E-state index in [1.54, 1.807) is 0 Å². The maximum absolute atomic E-state index is 4.64. The molecule has 4 atom stereocenters. The minimum atomic E-state index is 0. The average molecular weight is 337 g/mol. The first-order valence-corrected chi connectivity index (χ1v) is 9.72. The molecule has 0 aromatic heterocycles. The van der Waals surface area contributed by atoms with Crippen LogP contribution in [0.4, 0.5) is 0 Å². The van der Waals surface area contributed by atoms with Gasteiger partial charge >= 0.3 is 28.7 Å². The first-order valence-electron chi connectivity index (χ1n) is 7.58. The Bertz CT molecular complexity index is 170. The van der Waals surface area contributed by atoms with E-state index in [2.05, 4.69) is 50.3 Å². The van der Waals surface area contributed by atoms with Crippen LogP contribution in [0.3, 0.4) is 0 Å². The Morgan fingerprint density at radius 3 is 1.10 bits per heavy atom. The zero-order chi connectivity index (χ0) is 14.1. The third kappa shape index (κ3) is 7.86. The van der Waals surface area contributed by atoms with Crippen LogP contribution < -0.4 is 0 Å². The van der Waals surface area contributed by atoms with Gasteiger partial charge in [0.05, 0.1) is 0 Å². The van der Waals surface area contributed by atoms with Crippen LogP contribution in [0.25, 0.3) is 0 Å². The van der Waals surface area contributed by atoms with Gasteiger partial charge in [0.15, 0.2) is 0 Å². The Labute approximate surface area is 146 Å². The van der Waals surface area contributed by atoms with E-state index >= 15 is 0 Å². The van der Waals surface area contributed by atoms with Crippen LogP contribution in [0, 0.1) is 50.9 Å². The molecule has 120 valence electrons. The topological polar surface area (TPSA) is 0 Å². The third-order valence-corrected chi connectivity index (χ3v) is 5.34. The summed E-state index contributed by atoms with van der Waals surface area (Å²) >= 11 is 1.47. The Morgan fingerprint density at radius 1 is 0.700 bits per heavy atom. The fourth-order valence-electron chi connectivity index (χ4n) is 3.63. The molecule has 2 aliphatic carbocycles. The van der Waals surface area contributed by atoms with Crippen LogP contribution in [0.15, 0.2) is 0 Å². The van der Waals surface area contributed by atoms with Crippen molar-refractivity contribution in [2.75, 3.05) is 0 Å². The summed E-state index contributed by atoms with van der Waals surface area (Å²) in [5.74, 6) is 4.47. The minimum absolute atomic E-state index is 0. The second-order valence-corrected chi connectivity index (χ2v) is 6.11. The molecule has 0 N–H and O–H groups in total. The monoisotopic (exact) mass is 336 g/mol. The van der Waals surface area contributed by atoms with E-state index in [1.165, 1.54) is 51.5 Å². The molecular formula is C18H37ClTi. The Kier molecular flexibility index (Phi) is 19.3. The number of hydrogen-bond donors (Lipinski definition) is 0. The summed E-state index contributed by atoms with van der Waals surface area (Å²) in [6.07, 6.45) is 9.90. The SMILES string of the molecule is C1CCCC1.C[CH-]C1C(C)C(C)C(C)C1C.[CH3-].[CH3-].[Cl][Ti+3]. The van der Waals surface area contributed by atoms with Crippen molar-refractivity contribution < 1.29 is 19.4 Å². The fraction of sp³-hybridized carbons (Fsp3) is 0.833. The quantitative estimate of drug-likeness (QED) is 0.360. The zero-order valence-electron chi connectivity index (χ0n) is 14.9. The van der Waals surface area contributed by atoms with Gasteiger partial charge in [0, 0.05) is 0 Å². The van der Waals surface area contributed by atoms with Gasteiger partial charge in [-0.25, -0.2) is 0 Å². The van der Waals surface area contributed by atoms with Crippen molar-refractivity contribution in [3.05, 3.63) is 21.3 Å². The van der Waals surface area contributed by atoms with Crippen LogP contribution in [0.5, 0.6) is 0 Å². The first kappa shape index (κ1) is 25.9. The molecule has 0 aromatic carbocycles. The van der Waals surface area contributed by atoms with Crippen LogP contribution in [-0.4, -0.2) is 0 Å². The normalized spacial score (nSPS) is 34.7. The number of hydrogen-bond acceptors (Lipinski definition) is 0. The Morgan fingerprint density at radius 2 is 0.950 bits per heavy atom. The van der Waals surface area contributed by atoms with E-state index in [0.29, 0.717) is 0 Å². The van der Waals surface area contributed by atoms with Gasteiger partial charge in [-0.3, -0.25) is 0 Å². The molecular weight excluding hydrogens is 300 g/mol. The Hall–Kier alpha value is 1.00. The Balaban J connectivity index is -0.000000274. The second kappa shape index (κ2) is 14.9. The van der Waals surface area contributed by atoms with Crippen LogP contribution in [0.2, 0.25) is 0 Å². The molecule has 0 saturated heterocycles. The molecule has 20 heavy (non-hydrogen) atoms. The zero-order valence-corrected chi connectivity index (χ0v) is 17.2. The van der Waals surface area contributed by atoms with Crippen LogP contribution in [0.1, 0.15) is 66.7 Å². The first-order chi connectivity index (χ1) is 8.59. The predicted octanol–water partition coefficient (Wildman–Crippen LogP) is 6.92. The van der Waals surface area contributed by atoms with Gasteiger partial charge in [0.1, 0.15) is 0 Å². The molecule has 0 nitrogen and oxygen atoms in total. The molecule has 0 spiro atoms. The van der Waals surface area contributed by atoms with Crippen LogP contribution in [-0.2, 0) is 19.4 Å². The summed E-state index contributed by atoms with van der Waals surface area (Å²) in [6.45, 7) is 11.8. The molecule has 0 heterocycles. The third-order valence-electron chi connectivity index (χ3n) is 5.34. The number of rotatable bonds is 1. The van der Waals surface area contributed by atoms with Gasteiger partial charge < -0.3 is 21.3 Å². The summed E-state index contributed by atoms with van der Waals surface area (Å²) in [7, 11) is 4.64. The fourth-order valence-corrected chi connectivity index (χ4v) is 3.63. The van der Waals surface area contributed by atoms with Gasteiger partial charge in [-0.05, 0) is 11.8 Å². The van der Waals surface area contributed by atoms with E-state index in [1.807, 2.05) is 0 Å². The molecule has 0 aromatic rings. The maximum atomic E-state index is 4.64. The van der Waals surface area contributed by atoms with E-state index in [-0.39, 0.29) is 14.9 Å². The van der Waals surface area contributed by atoms with E-state index in [4.69, 9.17) is 0 Å². The van der Waals surface area contributed by atoms with Crippen molar-refractivity contribution in [1.29, 1.82) is 0 Å². The van der Waals surface area contributed by atoms with Crippen molar-refractivity contribution in [3.8, 4) is 0 Å². The number of halogens is 1. The summed E-state index contributed by atoms with van der Waals surface area (Å²) in [5.41, 5.74) is 0. The predicted molar refractivity (Wildman–Crippen MR) is 91.9 cm³/mol. The molecule has 0 radical (unpaired) electrons. The van der Waals surface area contributed by atoms with Crippen molar-refractivity contribution in [1.82, 2.24) is 0 Å². The molecule has 0 aliphatic heterocycles. The molecule has 2 fully saturated rings. The molecule has 4 unspecified atom stereocenters. The van der Waals surface area contributed by atoms with E-state index < -0.39 is 0 Å². The second-order valence-electron chi connectivity index (χ2n) is 6.11. The van der Waals surface area contributed by atoms with Gasteiger partial charge in [0.2, 0.25) is 0 Å². The van der Waals surface area contributed by atoms with Crippen molar-refractivity contribution in [2.45, 2.75) is 66.7 Å². The van der Waals surface area contributed by atoms with Crippen molar-refractivity contribution in [3.63, 3.8) is 0 Å². The van der Waals surface area contributed by atoms with Crippen molar-refractivity contribution >= 4 is 9.30 Å². The summed E-state index contributed by atoms with van der Waals surface area (Å²) in [5, 5.41) is 0. The van der Waals surface area contributed by atoms with E-state index in [0.717, 1.165) is 29.6 Å². The summed E-state index contributed by atoms with van der Waals surface area (Å²) in [6, 6.07) is 0. The molecule has 2 saturated carbocycles. The summed E-state index contributed by atoms with van der Waals surface area (Å²) in [4.78, 5) is 0. The van der Waals surface area contributed by atoms with E-state index in [9.17, 15) is 0 Å². The molecule has 0 amide bonds. The standard InChI is InChI=1S/C11H21.C5H10.2CH3.ClH.Ti/c1-6-11-9(4)7(2)8(3)10(11)5;1-2-4-5-3-1;;;;/h6-11H,1-5H3;1-5H2;2*1H3;1H;/q-1;;2*-1;;+4/p-1.